The van der Waals surface area contributed by atoms with Crippen molar-refractivity contribution in [1.82, 2.24) is 14.5 Å². The highest BCUT2D eigenvalue weighted by Gasteiger charge is 2.11. The maximum Gasteiger partial charge on any atom is 0.184 e. The van der Waals surface area contributed by atoms with Crippen molar-refractivity contribution in [3.63, 3.8) is 0 Å². The van der Waals surface area contributed by atoms with E-state index in [2.05, 4.69) is 9.97 Å². The number of aromatic nitrogens is 3. The maximum absolute atomic E-state index is 6.29. The number of imidazole rings is 1. The zero-order chi connectivity index (χ0) is 13.6. The molecule has 3 nitrogen and oxygen atoms in total. The molecule has 1 aromatic carbocycles. The molecule has 0 amide bonds. The van der Waals surface area contributed by atoms with Crippen LogP contribution in [0.25, 0.3) is 16.9 Å². The van der Waals surface area contributed by atoms with Gasteiger partial charge in [-0.3, -0.25) is 4.57 Å². The average Bonchev–Trinajstić information content (AvgIpc) is 2.65. The van der Waals surface area contributed by atoms with Crippen LogP contribution in [0.3, 0.4) is 0 Å². The quantitative estimate of drug-likeness (QED) is 0.661. The van der Waals surface area contributed by atoms with E-state index >= 15 is 0 Å². The fraction of sp³-hybridized carbons (Fsp3) is 0.0769. The predicted octanol–water partition coefficient (Wildman–Crippen LogP) is 4.70. The van der Waals surface area contributed by atoms with E-state index in [-0.39, 0.29) is 0 Å². The Bertz CT molecular complexity index is 836. The van der Waals surface area contributed by atoms with Crippen LogP contribution in [0.1, 0.15) is 5.56 Å². The molecule has 0 saturated heterocycles. The van der Waals surface area contributed by atoms with E-state index in [1.807, 2.05) is 29.7 Å². The van der Waals surface area contributed by atoms with Gasteiger partial charge in [0.05, 0.1) is 21.2 Å². The molecule has 0 atom stereocenters. The number of hydrogen-bond acceptors (Lipinski definition) is 2. The number of aromatic amines is 1. The minimum absolute atomic E-state index is 0.538. The Morgan fingerprint density at radius 2 is 2.05 bits per heavy atom. The third-order valence-electron chi connectivity index (χ3n) is 2.83. The SMILES string of the molecule is Cc1ccc(-n2c(=S)[nH]c3cc(Cl)cnc32)c(Cl)c1. The maximum atomic E-state index is 6.29. The largest absolute Gasteiger partial charge is 0.329 e. The van der Waals surface area contributed by atoms with Gasteiger partial charge < -0.3 is 4.98 Å². The van der Waals surface area contributed by atoms with Crippen LogP contribution in [-0.2, 0) is 0 Å². The number of H-pyrrole nitrogens is 1. The van der Waals surface area contributed by atoms with Crippen LogP contribution in [0, 0.1) is 11.7 Å². The number of aryl methyl sites for hydroxylation is 1. The van der Waals surface area contributed by atoms with Gasteiger partial charge in [-0.25, -0.2) is 4.98 Å². The van der Waals surface area contributed by atoms with Crippen molar-refractivity contribution in [3.05, 3.63) is 50.8 Å². The van der Waals surface area contributed by atoms with E-state index in [4.69, 9.17) is 35.4 Å². The van der Waals surface area contributed by atoms with E-state index < -0.39 is 0 Å². The van der Waals surface area contributed by atoms with Crippen LogP contribution < -0.4 is 0 Å². The first-order valence-corrected chi connectivity index (χ1v) is 6.75. The summed E-state index contributed by atoms with van der Waals surface area (Å²) in [5.74, 6) is 0. The van der Waals surface area contributed by atoms with Gasteiger partial charge in [-0.05, 0) is 42.9 Å². The molecule has 0 radical (unpaired) electrons. The number of benzene rings is 1. The van der Waals surface area contributed by atoms with Crippen molar-refractivity contribution in [2.75, 3.05) is 0 Å². The zero-order valence-corrected chi connectivity index (χ0v) is 12.3. The number of nitrogens with one attached hydrogen (secondary N) is 1. The summed E-state index contributed by atoms with van der Waals surface area (Å²) in [5.41, 5.74) is 3.39. The molecule has 2 heterocycles. The van der Waals surface area contributed by atoms with E-state index in [9.17, 15) is 0 Å². The van der Waals surface area contributed by atoms with Crippen molar-refractivity contribution in [1.29, 1.82) is 0 Å². The third kappa shape index (κ3) is 2.16. The molecular weight excluding hydrogens is 301 g/mol. The van der Waals surface area contributed by atoms with Crippen molar-refractivity contribution < 1.29 is 0 Å². The van der Waals surface area contributed by atoms with Gasteiger partial charge >= 0.3 is 0 Å². The van der Waals surface area contributed by atoms with Crippen LogP contribution in [-0.4, -0.2) is 14.5 Å². The lowest BCUT2D eigenvalue weighted by Gasteiger charge is -2.07. The lowest BCUT2D eigenvalue weighted by atomic mass is 10.2. The summed E-state index contributed by atoms with van der Waals surface area (Å²) in [6.07, 6.45) is 1.59. The second-order valence-corrected chi connectivity index (χ2v) is 5.48. The Labute approximate surface area is 124 Å². The van der Waals surface area contributed by atoms with Crippen molar-refractivity contribution in [3.8, 4) is 5.69 Å². The van der Waals surface area contributed by atoms with Crippen molar-refractivity contribution >= 4 is 46.6 Å². The fourth-order valence-corrected chi connectivity index (χ4v) is 2.76. The highest BCUT2D eigenvalue weighted by molar-refractivity contribution is 7.71. The molecule has 3 rings (SSSR count). The lowest BCUT2D eigenvalue weighted by molar-refractivity contribution is 1.04. The zero-order valence-electron chi connectivity index (χ0n) is 9.95. The standard InChI is InChI=1S/C13H9Cl2N3S/c1-7-2-3-11(9(15)4-7)18-12-10(17-13(18)19)5-8(14)6-16-12/h2-6H,1H3,(H,17,19). The predicted molar refractivity (Wildman–Crippen MR) is 81.0 cm³/mol. The van der Waals surface area contributed by atoms with E-state index in [0.717, 1.165) is 16.8 Å². The molecule has 2 aromatic heterocycles. The molecule has 0 aliphatic heterocycles. The molecule has 6 heteroatoms. The number of hydrogen-bond donors (Lipinski definition) is 1. The summed E-state index contributed by atoms with van der Waals surface area (Å²) in [4.78, 5) is 7.40. The summed E-state index contributed by atoms with van der Waals surface area (Å²) in [7, 11) is 0. The topological polar surface area (TPSA) is 33.6 Å². The molecule has 0 aliphatic rings. The summed E-state index contributed by atoms with van der Waals surface area (Å²) in [6.45, 7) is 1.99. The summed E-state index contributed by atoms with van der Waals surface area (Å²) in [5, 5.41) is 1.19. The van der Waals surface area contributed by atoms with Gasteiger partial charge in [0, 0.05) is 6.20 Å². The Morgan fingerprint density at radius 1 is 1.26 bits per heavy atom. The Hall–Kier alpha value is -1.36. The Balaban J connectivity index is 2.36. The van der Waals surface area contributed by atoms with Crippen LogP contribution >= 0.6 is 35.4 Å². The number of rotatable bonds is 1. The lowest BCUT2D eigenvalue weighted by Crippen LogP contribution is -1.96. The molecule has 0 fully saturated rings. The summed E-state index contributed by atoms with van der Waals surface area (Å²) in [6, 6.07) is 7.60. The molecular formula is C13H9Cl2N3S. The van der Waals surface area contributed by atoms with E-state index in [1.54, 1.807) is 12.3 Å². The first-order valence-electron chi connectivity index (χ1n) is 5.59. The first-order chi connectivity index (χ1) is 9.06. The van der Waals surface area contributed by atoms with Gasteiger partial charge in [0.25, 0.3) is 0 Å². The minimum Gasteiger partial charge on any atom is -0.329 e. The van der Waals surface area contributed by atoms with Gasteiger partial charge in [-0.15, -0.1) is 0 Å². The number of halogens is 2. The molecule has 3 aromatic rings. The summed E-state index contributed by atoms with van der Waals surface area (Å²) < 4.78 is 2.35. The second-order valence-electron chi connectivity index (χ2n) is 4.25. The number of pyridine rings is 1. The average molecular weight is 310 g/mol. The van der Waals surface area contributed by atoms with Crippen LogP contribution in [0.5, 0.6) is 0 Å². The monoisotopic (exact) mass is 309 g/mol. The molecule has 1 N–H and O–H groups in total. The highest BCUT2D eigenvalue weighted by Crippen LogP contribution is 2.26. The van der Waals surface area contributed by atoms with Gasteiger partial charge in [0.1, 0.15) is 0 Å². The van der Waals surface area contributed by atoms with Crippen LogP contribution in [0.15, 0.2) is 30.5 Å². The van der Waals surface area contributed by atoms with Gasteiger partial charge in [-0.2, -0.15) is 0 Å². The molecule has 19 heavy (non-hydrogen) atoms. The molecule has 0 spiro atoms. The molecule has 0 unspecified atom stereocenters. The van der Waals surface area contributed by atoms with Crippen molar-refractivity contribution in [2.24, 2.45) is 0 Å². The minimum atomic E-state index is 0.538. The van der Waals surface area contributed by atoms with Gasteiger partial charge in [0.2, 0.25) is 0 Å². The molecule has 96 valence electrons. The molecule has 0 aliphatic carbocycles. The first kappa shape index (κ1) is 12.7. The van der Waals surface area contributed by atoms with Gasteiger partial charge in [0.15, 0.2) is 10.4 Å². The van der Waals surface area contributed by atoms with Crippen LogP contribution in [0.4, 0.5) is 0 Å². The normalized spacial score (nSPS) is 11.1. The van der Waals surface area contributed by atoms with E-state index in [1.165, 1.54) is 0 Å². The van der Waals surface area contributed by atoms with Gasteiger partial charge in [-0.1, -0.05) is 29.3 Å². The molecule has 0 bridgehead atoms. The second kappa shape index (κ2) is 4.63. The fourth-order valence-electron chi connectivity index (χ4n) is 1.99. The number of fused-ring (bicyclic) bond motifs is 1. The van der Waals surface area contributed by atoms with Crippen LogP contribution in [0.2, 0.25) is 10.0 Å². The Kier molecular flexibility index (Phi) is 3.09. The van der Waals surface area contributed by atoms with Crippen molar-refractivity contribution in [2.45, 2.75) is 6.92 Å². The third-order valence-corrected chi connectivity index (χ3v) is 3.63. The summed E-state index contributed by atoms with van der Waals surface area (Å²) >= 11 is 17.6. The number of nitrogens with zero attached hydrogens (tertiary/aromatic N) is 2. The van der Waals surface area contributed by atoms with E-state index in [0.29, 0.717) is 20.5 Å². The highest BCUT2D eigenvalue weighted by atomic mass is 35.5. The Morgan fingerprint density at radius 3 is 2.79 bits per heavy atom. The molecule has 0 saturated carbocycles. The smallest absolute Gasteiger partial charge is 0.184 e.